The topological polar surface area (TPSA) is 76.1 Å². The Morgan fingerprint density at radius 2 is 1.72 bits per heavy atom. The minimum Gasteiger partial charge on any atom is -0.507 e. The summed E-state index contributed by atoms with van der Waals surface area (Å²) in [7, 11) is 2.78. The van der Waals surface area contributed by atoms with Crippen molar-refractivity contribution in [2.24, 2.45) is 0 Å². The first-order valence-electron chi connectivity index (χ1n) is 8.75. The highest BCUT2D eigenvalue weighted by atomic mass is 19.1. The van der Waals surface area contributed by atoms with Crippen molar-refractivity contribution in [1.82, 2.24) is 4.90 Å². The molecule has 2 aromatic rings. The van der Waals surface area contributed by atoms with E-state index in [1.54, 1.807) is 0 Å². The SMILES string of the molecule is COCCN1C(=O)C(=O)/C(=C(/O)c2cc(F)ccc2OC)C1c1ccc(F)cc1. The number of methoxy groups -OCH3 is 2. The number of aliphatic hydroxyl groups excluding tert-OH is 1. The summed E-state index contributed by atoms with van der Waals surface area (Å²) in [4.78, 5) is 26.6. The van der Waals surface area contributed by atoms with Crippen LogP contribution in [0.4, 0.5) is 8.78 Å². The maximum atomic E-state index is 13.8. The standard InChI is InChI=1S/C21H19F2NO5/c1-28-10-9-24-18(12-3-5-13(22)6-4-12)17(20(26)21(24)27)19(25)15-11-14(23)7-8-16(15)29-2/h3-8,11,18,25H,9-10H2,1-2H3/b19-17+. The number of aliphatic hydroxyl groups is 1. The lowest BCUT2D eigenvalue weighted by atomic mass is 9.95. The molecule has 1 atom stereocenters. The highest BCUT2D eigenvalue weighted by Gasteiger charge is 2.46. The number of carbonyl (C=O) groups excluding carboxylic acids is 2. The van der Waals surface area contributed by atoms with Crippen molar-refractivity contribution in [3.63, 3.8) is 0 Å². The third-order valence-corrected chi connectivity index (χ3v) is 4.68. The number of nitrogens with zero attached hydrogens (tertiary/aromatic N) is 1. The molecule has 8 heteroatoms. The summed E-state index contributed by atoms with van der Waals surface area (Å²) in [6.45, 7) is 0.216. The lowest BCUT2D eigenvalue weighted by Gasteiger charge is -2.25. The summed E-state index contributed by atoms with van der Waals surface area (Å²) in [6, 6.07) is 7.69. The van der Waals surface area contributed by atoms with Crippen molar-refractivity contribution in [1.29, 1.82) is 0 Å². The molecule has 0 saturated carbocycles. The van der Waals surface area contributed by atoms with E-state index in [1.807, 2.05) is 0 Å². The molecule has 1 fully saturated rings. The minimum atomic E-state index is -0.987. The van der Waals surface area contributed by atoms with Gasteiger partial charge in [-0.25, -0.2) is 8.78 Å². The van der Waals surface area contributed by atoms with Crippen LogP contribution in [0.1, 0.15) is 17.2 Å². The molecule has 3 rings (SSSR count). The van der Waals surface area contributed by atoms with Gasteiger partial charge in [-0.1, -0.05) is 12.1 Å². The Kier molecular flexibility index (Phi) is 5.93. The van der Waals surface area contributed by atoms with Crippen LogP contribution in [0.5, 0.6) is 5.75 Å². The summed E-state index contributed by atoms with van der Waals surface area (Å²) >= 11 is 0. The van der Waals surface area contributed by atoms with Crippen LogP contribution < -0.4 is 4.74 Å². The van der Waals surface area contributed by atoms with Crippen LogP contribution in [-0.2, 0) is 14.3 Å². The second-order valence-corrected chi connectivity index (χ2v) is 6.38. The van der Waals surface area contributed by atoms with Crippen LogP contribution in [0.15, 0.2) is 48.0 Å². The molecule has 152 valence electrons. The molecule has 1 aliphatic rings. The fourth-order valence-electron chi connectivity index (χ4n) is 3.30. The third kappa shape index (κ3) is 3.84. The summed E-state index contributed by atoms with van der Waals surface area (Å²) in [5, 5.41) is 10.9. The average Bonchev–Trinajstić information content (AvgIpc) is 2.97. The van der Waals surface area contributed by atoms with E-state index in [4.69, 9.17) is 9.47 Å². The summed E-state index contributed by atoms with van der Waals surface area (Å²) in [6.07, 6.45) is 0. The second-order valence-electron chi connectivity index (χ2n) is 6.38. The van der Waals surface area contributed by atoms with Gasteiger partial charge < -0.3 is 19.5 Å². The number of carbonyl (C=O) groups is 2. The van der Waals surface area contributed by atoms with Gasteiger partial charge in [0.05, 0.1) is 30.9 Å². The predicted octanol–water partition coefficient (Wildman–Crippen LogP) is 3.04. The normalized spacial score (nSPS) is 18.3. The van der Waals surface area contributed by atoms with Crippen molar-refractivity contribution in [3.05, 3.63) is 70.8 Å². The summed E-state index contributed by atoms with van der Waals surface area (Å²) < 4.78 is 37.4. The van der Waals surface area contributed by atoms with Crippen LogP contribution in [0, 0.1) is 11.6 Å². The Bertz CT molecular complexity index is 972. The van der Waals surface area contributed by atoms with E-state index in [0.29, 0.717) is 5.56 Å². The molecule has 0 spiro atoms. The van der Waals surface area contributed by atoms with Gasteiger partial charge in [-0.05, 0) is 35.9 Å². The Morgan fingerprint density at radius 1 is 1.07 bits per heavy atom. The van der Waals surface area contributed by atoms with Crippen molar-refractivity contribution in [3.8, 4) is 5.75 Å². The number of halogens is 2. The van der Waals surface area contributed by atoms with Crippen molar-refractivity contribution in [2.45, 2.75) is 6.04 Å². The number of hydrogen-bond acceptors (Lipinski definition) is 5. The molecular formula is C21H19F2NO5. The first-order valence-corrected chi connectivity index (χ1v) is 8.75. The van der Waals surface area contributed by atoms with Crippen LogP contribution in [0.2, 0.25) is 0 Å². The highest BCUT2D eigenvalue weighted by molar-refractivity contribution is 6.46. The van der Waals surface area contributed by atoms with Gasteiger partial charge in [-0.15, -0.1) is 0 Å². The Hall–Kier alpha value is -3.26. The van der Waals surface area contributed by atoms with E-state index in [2.05, 4.69) is 0 Å². The smallest absolute Gasteiger partial charge is 0.295 e. The maximum absolute atomic E-state index is 13.8. The number of rotatable bonds is 6. The van der Waals surface area contributed by atoms with Crippen molar-refractivity contribution < 1.29 is 33.0 Å². The summed E-state index contributed by atoms with van der Waals surface area (Å²) in [5.74, 6) is -3.36. The quantitative estimate of drug-likeness (QED) is 0.456. The van der Waals surface area contributed by atoms with E-state index in [-0.39, 0.29) is 30.0 Å². The first-order chi connectivity index (χ1) is 13.9. The fraction of sp³-hybridized carbons (Fsp3) is 0.238. The number of Topliss-reactive ketones (excluding diaryl/α,β-unsaturated/α-hetero) is 1. The Morgan fingerprint density at radius 3 is 2.34 bits per heavy atom. The van der Waals surface area contributed by atoms with E-state index >= 15 is 0 Å². The van der Waals surface area contributed by atoms with Crippen LogP contribution in [-0.4, -0.2) is 49.1 Å². The van der Waals surface area contributed by atoms with Gasteiger partial charge in [0.1, 0.15) is 23.1 Å². The van der Waals surface area contributed by atoms with E-state index < -0.39 is 35.1 Å². The molecule has 1 N–H and O–H groups in total. The molecule has 29 heavy (non-hydrogen) atoms. The molecule has 1 aliphatic heterocycles. The lowest BCUT2D eigenvalue weighted by Crippen LogP contribution is -2.32. The number of hydrogen-bond donors (Lipinski definition) is 1. The molecule has 1 heterocycles. The third-order valence-electron chi connectivity index (χ3n) is 4.68. The summed E-state index contributed by atoms with van der Waals surface area (Å²) in [5.41, 5.74) is 0.115. The number of ketones is 1. The monoisotopic (exact) mass is 403 g/mol. The zero-order valence-electron chi connectivity index (χ0n) is 15.8. The zero-order valence-corrected chi connectivity index (χ0v) is 15.8. The number of ether oxygens (including phenoxy) is 2. The largest absolute Gasteiger partial charge is 0.507 e. The molecule has 1 unspecified atom stereocenters. The fourth-order valence-corrected chi connectivity index (χ4v) is 3.30. The van der Waals surface area contributed by atoms with Gasteiger partial charge >= 0.3 is 0 Å². The van der Waals surface area contributed by atoms with E-state index in [0.717, 1.165) is 12.1 Å². The molecule has 1 saturated heterocycles. The van der Waals surface area contributed by atoms with Gasteiger partial charge in [0.2, 0.25) is 0 Å². The molecular weight excluding hydrogens is 384 g/mol. The van der Waals surface area contributed by atoms with E-state index in [1.165, 1.54) is 49.5 Å². The molecule has 6 nitrogen and oxygen atoms in total. The Balaban J connectivity index is 2.22. The zero-order chi connectivity index (χ0) is 21.1. The van der Waals surface area contributed by atoms with Crippen LogP contribution >= 0.6 is 0 Å². The van der Waals surface area contributed by atoms with Crippen molar-refractivity contribution >= 4 is 17.4 Å². The molecule has 2 aromatic carbocycles. The van der Waals surface area contributed by atoms with Gasteiger partial charge in [-0.2, -0.15) is 0 Å². The lowest BCUT2D eigenvalue weighted by molar-refractivity contribution is -0.140. The molecule has 0 aromatic heterocycles. The van der Waals surface area contributed by atoms with Gasteiger partial charge in [0.15, 0.2) is 0 Å². The predicted molar refractivity (Wildman–Crippen MR) is 100 cm³/mol. The van der Waals surface area contributed by atoms with Crippen LogP contribution in [0.25, 0.3) is 5.76 Å². The number of benzene rings is 2. The average molecular weight is 403 g/mol. The van der Waals surface area contributed by atoms with Crippen LogP contribution in [0.3, 0.4) is 0 Å². The van der Waals surface area contributed by atoms with Gasteiger partial charge in [0, 0.05) is 13.7 Å². The molecule has 0 radical (unpaired) electrons. The number of likely N-dealkylation sites (tertiary alicyclic amines) is 1. The minimum absolute atomic E-state index is 0.0654. The molecule has 0 bridgehead atoms. The van der Waals surface area contributed by atoms with E-state index in [9.17, 15) is 23.5 Å². The second kappa shape index (κ2) is 8.40. The first kappa shape index (κ1) is 20.5. The van der Waals surface area contributed by atoms with Gasteiger partial charge in [-0.3, -0.25) is 9.59 Å². The maximum Gasteiger partial charge on any atom is 0.295 e. The highest BCUT2D eigenvalue weighted by Crippen LogP contribution is 2.40. The Labute approximate surface area is 166 Å². The molecule has 1 amide bonds. The number of amides is 1. The van der Waals surface area contributed by atoms with Gasteiger partial charge in [0.25, 0.3) is 11.7 Å². The van der Waals surface area contributed by atoms with Crippen molar-refractivity contribution in [2.75, 3.05) is 27.4 Å². The molecule has 0 aliphatic carbocycles.